The van der Waals surface area contributed by atoms with E-state index in [1.54, 1.807) is 0 Å². The normalized spacial score (nSPS) is 10.9. The summed E-state index contributed by atoms with van der Waals surface area (Å²) in [5, 5.41) is 2.77. The van der Waals surface area contributed by atoms with Crippen molar-refractivity contribution in [2.24, 2.45) is 0 Å². The van der Waals surface area contributed by atoms with E-state index in [1.807, 2.05) is 25.1 Å². The van der Waals surface area contributed by atoms with Crippen molar-refractivity contribution in [3.8, 4) is 0 Å². The zero-order chi connectivity index (χ0) is 15.7. The van der Waals surface area contributed by atoms with Gasteiger partial charge < -0.3 is 0 Å². The van der Waals surface area contributed by atoms with Gasteiger partial charge in [-0.1, -0.05) is 30.4 Å². The minimum Gasteiger partial charge on any atom is -0.298 e. The Morgan fingerprint density at radius 1 is 1.23 bits per heavy atom. The Balaban J connectivity index is 1.91. The molecule has 1 heterocycles. The zero-order valence-electron chi connectivity index (χ0n) is 11.7. The maximum Gasteiger partial charge on any atom is 0.263 e. The number of fused-ring (bicyclic) bond motifs is 1. The number of amides is 1. The summed E-state index contributed by atoms with van der Waals surface area (Å²) in [4.78, 5) is 16.3. The number of benzene rings is 2. The number of aromatic nitrogens is 1. The third-order valence-electron chi connectivity index (χ3n) is 3.27. The predicted molar refractivity (Wildman–Crippen MR) is 83.3 cm³/mol. The fraction of sp³-hybridized carbons (Fsp3) is 0.125. The molecule has 0 bridgehead atoms. The summed E-state index contributed by atoms with van der Waals surface area (Å²) >= 11 is 1.27. The van der Waals surface area contributed by atoms with Gasteiger partial charge in [0.15, 0.2) is 5.13 Å². The second kappa shape index (κ2) is 5.81. The maximum atomic E-state index is 13.6. The molecular formula is C16H12F2N2OS. The average molecular weight is 318 g/mol. The highest BCUT2D eigenvalue weighted by Crippen LogP contribution is 2.27. The highest BCUT2D eigenvalue weighted by Gasteiger charge is 2.18. The molecule has 112 valence electrons. The van der Waals surface area contributed by atoms with E-state index in [1.165, 1.54) is 17.4 Å². The standard InChI is InChI=1S/C16H12F2N2OS/c1-2-9-6-7-12-13(8-9)22-16(19-12)20-15(21)14-10(17)4-3-5-11(14)18/h3-8H,2H2,1H3,(H,19,20,21). The van der Waals surface area contributed by atoms with Gasteiger partial charge in [0.1, 0.15) is 17.2 Å². The number of hydrogen-bond acceptors (Lipinski definition) is 3. The molecule has 0 aliphatic heterocycles. The van der Waals surface area contributed by atoms with E-state index in [4.69, 9.17) is 0 Å². The van der Waals surface area contributed by atoms with Crippen LogP contribution in [-0.2, 0) is 6.42 Å². The van der Waals surface area contributed by atoms with Gasteiger partial charge in [0.05, 0.1) is 10.2 Å². The van der Waals surface area contributed by atoms with Crippen LogP contribution in [0, 0.1) is 11.6 Å². The van der Waals surface area contributed by atoms with Crippen LogP contribution in [0.1, 0.15) is 22.8 Å². The fourth-order valence-electron chi connectivity index (χ4n) is 2.12. The van der Waals surface area contributed by atoms with Crippen molar-refractivity contribution in [1.82, 2.24) is 4.98 Å². The average Bonchev–Trinajstić information content (AvgIpc) is 2.87. The Morgan fingerprint density at radius 2 is 1.95 bits per heavy atom. The summed E-state index contributed by atoms with van der Waals surface area (Å²) in [5.74, 6) is -2.64. The number of hydrogen-bond donors (Lipinski definition) is 1. The molecule has 0 saturated carbocycles. The number of aryl methyl sites for hydroxylation is 1. The first kappa shape index (κ1) is 14.6. The molecule has 0 atom stereocenters. The van der Waals surface area contributed by atoms with E-state index in [0.29, 0.717) is 5.13 Å². The lowest BCUT2D eigenvalue weighted by atomic mass is 10.2. The van der Waals surface area contributed by atoms with Gasteiger partial charge in [0.2, 0.25) is 0 Å². The Morgan fingerprint density at radius 3 is 2.64 bits per heavy atom. The molecule has 1 amide bonds. The number of carbonyl (C=O) groups excluding carboxylic acids is 1. The van der Waals surface area contributed by atoms with Gasteiger partial charge in [-0.3, -0.25) is 10.1 Å². The molecule has 1 N–H and O–H groups in total. The number of halogens is 2. The maximum absolute atomic E-state index is 13.6. The van der Waals surface area contributed by atoms with Crippen LogP contribution in [0.3, 0.4) is 0 Å². The predicted octanol–water partition coefficient (Wildman–Crippen LogP) is 4.39. The molecule has 1 aromatic heterocycles. The quantitative estimate of drug-likeness (QED) is 0.778. The van der Waals surface area contributed by atoms with E-state index < -0.39 is 23.1 Å². The van der Waals surface area contributed by atoms with Crippen LogP contribution in [0.2, 0.25) is 0 Å². The first-order valence-corrected chi connectivity index (χ1v) is 7.55. The Hall–Kier alpha value is -2.34. The Bertz CT molecular complexity index is 840. The highest BCUT2D eigenvalue weighted by molar-refractivity contribution is 7.22. The van der Waals surface area contributed by atoms with Gasteiger partial charge in [0, 0.05) is 0 Å². The van der Waals surface area contributed by atoms with Gasteiger partial charge in [-0.2, -0.15) is 0 Å². The van der Waals surface area contributed by atoms with Crippen molar-refractivity contribution in [1.29, 1.82) is 0 Å². The molecule has 0 fully saturated rings. The van der Waals surface area contributed by atoms with Crippen LogP contribution in [0.5, 0.6) is 0 Å². The molecule has 6 heteroatoms. The summed E-state index contributed by atoms with van der Waals surface area (Å²) in [6, 6.07) is 9.12. The third kappa shape index (κ3) is 2.69. The molecule has 0 unspecified atom stereocenters. The largest absolute Gasteiger partial charge is 0.298 e. The van der Waals surface area contributed by atoms with Gasteiger partial charge in [-0.05, 0) is 36.2 Å². The van der Waals surface area contributed by atoms with E-state index >= 15 is 0 Å². The lowest BCUT2D eigenvalue weighted by Crippen LogP contribution is -2.15. The minimum absolute atomic E-state index is 0.316. The van der Waals surface area contributed by atoms with Gasteiger partial charge in [-0.15, -0.1) is 0 Å². The number of nitrogens with zero attached hydrogens (tertiary/aromatic N) is 1. The molecular weight excluding hydrogens is 306 g/mol. The topological polar surface area (TPSA) is 42.0 Å². The van der Waals surface area contributed by atoms with Crippen LogP contribution in [0.25, 0.3) is 10.2 Å². The minimum atomic E-state index is -0.896. The lowest BCUT2D eigenvalue weighted by Gasteiger charge is -2.03. The summed E-state index contributed by atoms with van der Waals surface area (Å²) in [6.07, 6.45) is 0.899. The first-order chi connectivity index (χ1) is 10.6. The molecule has 0 radical (unpaired) electrons. The second-order valence-corrected chi connectivity index (χ2v) is 5.76. The fourth-order valence-corrected chi connectivity index (χ4v) is 3.04. The van der Waals surface area contributed by atoms with Crippen LogP contribution in [-0.4, -0.2) is 10.9 Å². The van der Waals surface area contributed by atoms with E-state index in [2.05, 4.69) is 10.3 Å². The number of rotatable bonds is 3. The summed E-state index contributed by atoms with van der Waals surface area (Å²) in [7, 11) is 0. The molecule has 3 rings (SSSR count). The molecule has 2 aromatic carbocycles. The van der Waals surface area contributed by atoms with Crippen molar-refractivity contribution in [2.45, 2.75) is 13.3 Å². The van der Waals surface area contributed by atoms with E-state index in [-0.39, 0.29) is 0 Å². The number of anilines is 1. The molecule has 0 aliphatic carbocycles. The highest BCUT2D eigenvalue weighted by atomic mass is 32.1. The lowest BCUT2D eigenvalue weighted by molar-refractivity contribution is 0.101. The molecule has 0 aliphatic rings. The molecule has 3 aromatic rings. The van der Waals surface area contributed by atoms with Crippen LogP contribution in [0.4, 0.5) is 13.9 Å². The molecule has 3 nitrogen and oxygen atoms in total. The summed E-state index contributed by atoms with van der Waals surface area (Å²) in [6.45, 7) is 2.05. The number of carbonyl (C=O) groups is 1. The van der Waals surface area contributed by atoms with Crippen molar-refractivity contribution < 1.29 is 13.6 Å². The van der Waals surface area contributed by atoms with E-state index in [9.17, 15) is 13.6 Å². The molecule has 0 spiro atoms. The first-order valence-electron chi connectivity index (χ1n) is 6.73. The molecule has 0 saturated heterocycles. The SMILES string of the molecule is CCc1ccc2nc(NC(=O)c3c(F)cccc3F)sc2c1. The molecule has 22 heavy (non-hydrogen) atoms. The van der Waals surface area contributed by atoms with Crippen molar-refractivity contribution in [2.75, 3.05) is 5.32 Å². The van der Waals surface area contributed by atoms with Crippen LogP contribution in [0.15, 0.2) is 36.4 Å². The number of nitrogens with one attached hydrogen (secondary N) is 1. The Kier molecular flexibility index (Phi) is 3.85. The van der Waals surface area contributed by atoms with E-state index in [0.717, 1.165) is 34.3 Å². The van der Waals surface area contributed by atoms with Gasteiger partial charge >= 0.3 is 0 Å². The monoisotopic (exact) mass is 318 g/mol. The van der Waals surface area contributed by atoms with Crippen LogP contribution < -0.4 is 5.32 Å². The van der Waals surface area contributed by atoms with Crippen LogP contribution >= 0.6 is 11.3 Å². The smallest absolute Gasteiger partial charge is 0.263 e. The Labute approximate surface area is 129 Å². The summed E-state index contributed by atoms with van der Waals surface area (Å²) in [5.41, 5.74) is 1.30. The number of thiazole rings is 1. The second-order valence-electron chi connectivity index (χ2n) is 4.73. The van der Waals surface area contributed by atoms with Crippen molar-refractivity contribution in [3.63, 3.8) is 0 Å². The van der Waals surface area contributed by atoms with Gasteiger partial charge in [0.25, 0.3) is 5.91 Å². The third-order valence-corrected chi connectivity index (χ3v) is 4.20. The van der Waals surface area contributed by atoms with Crippen molar-refractivity contribution >= 4 is 32.6 Å². The zero-order valence-corrected chi connectivity index (χ0v) is 12.5. The van der Waals surface area contributed by atoms with Crippen molar-refractivity contribution in [3.05, 3.63) is 59.2 Å². The summed E-state index contributed by atoms with van der Waals surface area (Å²) < 4.78 is 28.1. The van der Waals surface area contributed by atoms with Gasteiger partial charge in [-0.25, -0.2) is 13.8 Å².